The number of carbonyl (C=O) groups is 3. The van der Waals surface area contributed by atoms with Gasteiger partial charge in [-0.15, -0.1) is 0 Å². The first-order valence-electron chi connectivity index (χ1n) is 13.4. The Kier molecular flexibility index (Phi) is 23.6. The first kappa shape index (κ1) is 39.9. The fourth-order valence-electron chi connectivity index (χ4n) is 2.22. The minimum atomic E-state index is -0.972. The van der Waals surface area contributed by atoms with Crippen LogP contribution in [0.25, 0.3) is 0 Å². The van der Waals surface area contributed by atoms with Crippen molar-refractivity contribution in [3.63, 3.8) is 0 Å². The van der Waals surface area contributed by atoms with Crippen molar-refractivity contribution in [2.75, 3.05) is 19.8 Å². The van der Waals surface area contributed by atoms with Gasteiger partial charge >= 0.3 is 41.5 Å². The van der Waals surface area contributed by atoms with Crippen LogP contribution in [0.4, 0.5) is 0 Å². The molecule has 8 heteroatoms. The molecule has 0 aromatic rings. The molecule has 0 spiro atoms. The van der Waals surface area contributed by atoms with Gasteiger partial charge in [0.1, 0.15) is 12.7 Å². The zero-order chi connectivity index (χ0) is 27.7. The van der Waals surface area contributed by atoms with Crippen molar-refractivity contribution in [3.05, 3.63) is 0 Å². The fourth-order valence-corrected chi connectivity index (χ4v) is 2.22. The van der Waals surface area contributed by atoms with Crippen molar-refractivity contribution in [2.24, 2.45) is 22.7 Å². The van der Waals surface area contributed by atoms with E-state index in [9.17, 15) is 19.5 Å². The van der Waals surface area contributed by atoms with Crippen molar-refractivity contribution < 1.29 is 63.3 Å². The Hall–Kier alpha value is -0.630. The standard InChI is InChI=1S/C13H26O2.C9H16O3.C6H12O2.Na/c1-5-8-9-12(7-3)10-15-13(14)11(4)6-2;1-4-9(2,3)8(10)12-6-7-5-11-7;1-4-6(2,3)5(7)8;/h11-12H,5-10H2,1-4H3;7H,4-6H2,1-3H3;4H2,1-3H3,(H,7,8);/q;;;+1/p-1. The van der Waals surface area contributed by atoms with Crippen molar-refractivity contribution in [2.45, 2.75) is 120 Å². The number of esters is 2. The van der Waals surface area contributed by atoms with Gasteiger partial charge in [0.05, 0.1) is 24.5 Å². The molecule has 1 heterocycles. The smallest absolute Gasteiger partial charge is 0.550 e. The van der Waals surface area contributed by atoms with Crippen molar-refractivity contribution in [1.82, 2.24) is 0 Å². The molecule has 0 amide bonds. The monoisotopic (exact) mass is 524 g/mol. The molecule has 7 nitrogen and oxygen atoms in total. The molecule has 0 N–H and O–H groups in total. The van der Waals surface area contributed by atoms with Crippen LogP contribution in [-0.4, -0.2) is 43.8 Å². The molecule has 0 aromatic heterocycles. The molecule has 1 rings (SSSR count). The van der Waals surface area contributed by atoms with Crippen LogP contribution in [0.2, 0.25) is 0 Å². The predicted octanol–water partition coefficient (Wildman–Crippen LogP) is 2.33. The van der Waals surface area contributed by atoms with E-state index in [-0.39, 0.29) is 58.9 Å². The van der Waals surface area contributed by atoms with Crippen LogP contribution in [0.5, 0.6) is 0 Å². The summed E-state index contributed by atoms with van der Waals surface area (Å²) in [5.74, 6) is -0.528. The average Bonchev–Trinajstić information content (AvgIpc) is 3.67. The van der Waals surface area contributed by atoms with Crippen LogP contribution < -0.4 is 34.7 Å². The summed E-state index contributed by atoms with van der Waals surface area (Å²) in [4.78, 5) is 32.9. The number of hydrogen-bond acceptors (Lipinski definition) is 7. The quantitative estimate of drug-likeness (QED) is 0.195. The summed E-state index contributed by atoms with van der Waals surface area (Å²) in [7, 11) is 0. The number of unbranched alkanes of at least 4 members (excludes halogenated alkanes) is 1. The van der Waals surface area contributed by atoms with Gasteiger partial charge in [0.15, 0.2) is 0 Å². The molecular weight excluding hydrogens is 471 g/mol. The van der Waals surface area contributed by atoms with E-state index in [0.717, 1.165) is 25.9 Å². The third kappa shape index (κ3) is 19.5. The summed E-state index contributed by atoms with van der Waals surface area (Å²) in [5.41, 5.74) is -1.01. The molecule has 0 radical (unpaired) electrons. The minimum Gasteiger partial charge on any atom is -0.550 e. The van der Waals surface area contributed by atoms with Crippen LogP contribution in [0.15, 0.2) is 0 Å². The van der Waals surface area contributed by atoms with Gasteiger partial charge in [0.2, 0.25) is 0 Å². The van der Waals surface area contributed by atoms with E-state index in [2.05, 4.69) is 13.8 Å². The number of aliphatic carboxylic acids is 1. The van der Waals surface area contributed by atoms with Crippen LogP contribution in [0.1, 0.15) is 114 Å². The van der Waals surface area contributed by atoms with Crippen LogP contribution >= 0.6 is 0 Å². The number of rotatable bonds is 14. The molecule has 36 heavy (non-hydrogen) atoms. The zero-order valence-electron chi connectivity index (χ0n) is 25.2. The van der Waals surface area contributed by atoms with Gasteiger partial charge in [0.25, 0.3) is 0 Å². The molecule has 3 atom stereocenters. The molecule has 0 aliphatic carbocycles. The maximum atomic E-state index is 11.4. The Bertz CT molecular complexity index is 601. The van der Waals surface area contributed by atoms with E-state index in [4.69, 9.17) is 14.2 Å². The molecule has 1 fully saturated rings. The Morgan fingerprint density at radius 1 is 0.944 bits per heavy atom. The van der Waals surface area contributed by atoms with E-state index >= 15 is 0 Å². The molecule has 3 unspecified atom stereocenters. The summed E-state index contributed by atoms with van der Waals surface area (Å²) in [5, 5.41) is 10.1. The second-order valence-corrected chi connectivity index (χ2v) is 10.7. The Morgan fingerprint density at radius 2 is 1.47 bits per heavy atom. The molecular formula is C28H53NaO7. The van der Waals surface area contributed by atoms with Crippen LogP contribution in [-0.2, 0) is 28.6 Å². The second-order valence-electron chi connectivity index (χ2n) is 10.7. The fraction of sp³-hybridized carbons (Fsp3) is 0.893. The molecule has 208 valence electrons. The number of ether oxygens (including phenoxy) is 3. The molecule has 0 aromatic carbocycles. The van der Waals surface area contributed by atoms with Crippen molar-refractivity contribution in [1.29, 1.82) is 0 Å². The number of carboxylic acid groups (broad SMARTS) is 1. The number of hydrogen-bond donors (Lipinski definition) is 0. The maximum Gasteiger partial charge on any atom is 1.00 e. The van der Waals surface area contributed by atoms with Crippen LogP contribution in [0, 0.1) is 22.7 Å². The Labute approximate surface area is 243 Å². The summed E-state index contributed by atoms with van der Waals surface area (Å²) < 4.78 is 15.3. The summed E-state index contributed by atoms with van der Waals surface area (Å²) in [6, 6.07) is 0. The summed E-state index contributed by atoms with van der Waals surface area (Å²) in [6.07, 6.45) is 7.20. The van der Waals surface area contributed by atoms with Gasteiger partial charge in [-0.05, 0) is 45.4 Å². The van der Waals surface area contributed by atoms with Crippen molar-refractivity contribution >= 4 is 17.9 Å². The number of carboxylic acids is 1. The molecule has 1 aliphatic heterocycles. The summed E-state index contributed by atoms with van der Waals surface area (Å²) >= 11 is 0. The number of carbonyl (C=O) groups excluding carboxylic acids is 3. The topological polar surface area (TPSA) is 105 Å². The van der Waals surface area contributed by atoms with Gasteiger partial charge in [-0.25, -0.2) is 0 Å². The summed E-state index contributed by atoms with van der Waals surface area (Å²) in [6.45, 7) is 21.0. The Balaban J connectivity index is -0.000000467. The molecule has 1 saturated heterocycles. The molecule has 0 bridgehead atoms. The number of epoxide rings is 1. The largest absolute Gasteiger partial charge is 1.00 e. The zero-order valence-corrected chi connectivity index (χ0v) is 27.2. The van der Waals surface area contributed by atoms with Crippen molar-refractivity contribution in [3.8, 4) is 0 Å². The van der Waals surface area contributed by atoms with E-state index in [1.165, 1.54) is 19.3 Å². The van der Waals surface area contributed by atoms with Gasteiger partial charge < -0.3 is 24.1 Å². The van der Waals surface area contributed by atoms with Gasteiger partial charge in [0, 0.05) is 11.4 Å². The second kappa shape index (κ2) is 21.3. The van der Waals surface area contributed by atoms with Crippen LogP contribution in [0.3, 0.4) is 0 Å². The van der Waals surface area contributed by atoms with E-state index < -0.39 is 11.4 Å². The third-order valence-corrected chi connectivity index (χ3v) is 6.69. The first-order valence-corrected chi connectivity index (χ1v) is 13.4. The normalized spacial score (nSPS) is 16.0. The first-order chi connectivity index (χ1) is 16.2. The van der Waals surface area contributed by atoms with Gasteiger partial charge in [-0.3, -0.25) is 9.59 Å². The minimum absolute atomic E-state index is 0. The van der Waals surface area contributed by atoms with E-state index in [1.807, 2.05) is 41.5 Å². The SMILES string of the molecule is CCC(C)(C)C(=O)OCC1CO1.CCC(C)(C)C(=O)[O-].CCCCC(CC)COC(=O)C(C)CC.[Na+]. The van der Waals surface area contributed by atoms with Gasteiger partial charge in [-0.2, -0.15) is 0 Å². The van der Waals surface area contributed by atoms with Gasteiger partial charge in [-0.1, -0.05) is 74.7 Å². The maximum absolute atomic E-state index is 11.4. The van der Waals surface area contributed by atoms with E-state index in [1.54, 1.807) is 13.8 Å². The average molecular weight is 525 g/mol. The Morgan fingerprint density at radius 3 is 1.81 bits per heavy atom. The van der Waals surface area contributed by atoms with E-state index in [0.29, 0.717) is 25.6 Å². The third-order valence-electron chi connectivity index (χ3n) is 6.69. The predicted molar refractivity (Wildman–Crippen MR) is 138 cm³/mol. The molecule has 1 aliphatic rings. The molecule has 0 saturated carbocycles.